The first-order chi connectivity index (χ1) is 18.6. The molecule has 0 atom stereocenters. The molecule has 0 aliphatic heterocycles. The molecule has 0 aliphatic carbocycles. The maximum absolute atomic E-state index is 13.1. The van der Waals surface area contributed by atoms with Crippen LogP contribution < -0.4 is 10.2 Å². The van der Waals surface area contributed by atoms with Crippen molar-refractivity contribution in [1.29, 1.82) is 0 Å². The SMILES string of the molecule is O=S(=O)(O)c1ccccc1-c1ccccc1S(=O)(=O)ONc1nc(Cl)cc(Oc2ccc3ccccc3c2)n1. The molecule has 39 heavy (non-hydrogen) atoms. The first-order valence-corrected chi connectivity index (χ1v) is 14.4. The van der Waals surface area contributed by atoms with Crippen LogP contribution in [0.3, 0.4) is 0 Å². The molecule has 13 heteroatoms. The number of hydrogen-bond acceptors (Lipinski definition) is 9. The van der Waals surface area contributed by atoms with E-state index in [1.54, 1.807) is 12.1 Å². The van der Waals surface area contributed by atoms with Crippen molar-refractivity contribution >= 4 is 48.6 Å². The zero-order chi connectivity index (χ0) is 27.6. The summed E-state index contributed by atoms with van der Waals surface area (Å²) in [7, 11) is -9.21. The maximum Gasteiger partial charge on any atom is 0.318 e. The molecule has 0 spiro atoms. The highest BCUT2D eigenvalue weighted by molar-refractivity contribution is 7.87. The lowest BCUT2D eigenvalue weighted by molar-refractivity contribution is 0.384. The molecule has 1 aromatic heterocycles. The van der Waals surface area contributed by atoms with Gasteiger partial charge in [-0.2, -0.15) is 26.8 Å². The molecule has 0 amide bonds. The normalized spacial score (nSPS) is 11.8. The monoisotopic (exact) mass is 583 g/mol. The fraction of sp³-hybridized carbons (Fsp3) is 0. The Morgan fingerprint density at radius 2 is 1.33 bits per heavy atom. The molecule has 4 aromatic carbocycles. The van der Waals surface area contributed by atoms with E-state index in [0.717, 1.165) is 16.8 Å². The Bertz CT molecular complexity index is 1920. The highest BCUT2D eigenvalue weighted by Gasteiger charge is 2.25. The van der Waals surface area contributed by atoms with Crippen LogP contribution in [0.4, 0.5) is 5.95 Å². The Balaban J connectivity index is 1.41. The van der Waals surface area contributed by atoms with Gasteiger partial charge in [0.2, 0.25) is 5.88 Å². The summed E-state index contributed by atoms with van der Waals surface area (Å²) in [6.07, 6.45) is 0. The van der Waals surface area contributed by atoms with Crippen LogP contribution in [0, 0.1) is 0 Å². The van der Waals surface area contributed by atoms with Crippen LogP contribution >= 0.6 is 11.6 Å². The summed E-state index contributed by atoms with van der Waals surface area (Å²) in [5.74, 6) is 0.184. The van der Waals surface area contributed by atoms with E-state index in [4.69, 9.17) is 20.6 Å². The topological polar surface area (TPSA) is 145 Å². The first-order valence-electron chi connectivity index (χ1n) is 11.2. The van der Waals surface area contributed by atoms with Gasteiger partial charge in [-0.3, -0.25) is 4.55 Å². The number of fused-ring (bicyclic) bond motifs is 1. The van der Waals surface area contributed by atoms with E-state index in [-0.39, 0.29) is 33.0 Å². The number of benzene rings is 4. The summed E-state index contributed by atoms with van der Waals surface area (Å²) in [5.41, 5.74) is 2.11. The van der Waals surface area contributed by atoms with Gasteiger partial charge in [0.05, 0.1) is 0 Å². The van der Waals surface area contributed by atoms with Crippen molar-refractivity contribution in [3.05, 3.63) is 102 Å². The lowest BCUT2D eigenvalue weighted by atomic mass is 10.1. The van der Waals surface area contributed by atoms with Crippen LogP contribution in [0.15, 0.2) is 107 Å². The summed E-state index contributed by atoms with van der Waals surface area (Å²) in [4.78, 5) is 7.18. The molecule has 0 unspecified atom stereocenters. The minimum absolute atomic E-state index is 0.0140. The Hall–Kier alpha value is -4.07. The van der Waals surface area contributed by atoms with Crippen LogP contribution in [0.2, 0.25) is 5.15 Å². The number of anilines is 1. The van der Waals surface area contributed by atoms with Gasteiger partial charge < -0.3 is 4.74 Å². The molecule has 2 N–H and O–H groups in total. The molecular formula is C26H18ClN3O7S2. The predicted octanol–water partition coefficient (Wildman–Crippen LogP) is 5.72. The Morgan fingerprint density at radius 3 is 2.05 bits per heavy atom. The van der Waals surface area contributed by atoms with Crippen LogP contribution in [-0.4, -0.2) is 31.4 Å². The standard InChI is InChI=1S/C26H18ClN3O7S2/c27-24-16-25(36-19-14-13-17-7-1-2-8-18(17)15-19)29-26(28-24)30-37-39(34,35)23-12-6-4-10-21(23)20-9-3-5-11-22(20)38(31,32)33/h1-16H,(H,28,29,30)(H,31,32,33). The molecule has 0 aliphatic rings. The molecule has 0 bridgehead atoms. The molecule has 5 rings (SSSR count). The molecular weight excluding hydrogens is 566 g/mol. The van der Waals surface area contributed by atoms with Gasteiger partial charge in [0.15, 0.2) is 0 Å². The summed E-state index contributed by atoms with van der Waals surface area (Å²) < 4.78 is 70.4. The van der Waals surface area contributed by atoms with Crippen molar-refractivity contribution in [2.75, 3.05) is 5.48 Å². The molecule has 198 valence electrons. The molecule has 0 saturated carbocycles. The number of aromatic nitrogens is 2. The van der Waals surface area contributed by atoms with Crippen LogP contribution in [0.1, 0.15) is 0 Å². The van der Waals surface area contributed by atoms with Crippen LogP contribution in [0.25, 0.3) is 21.9 Å². The molecule has 5 aromatic rings. The quantitative estimate of drug-likeness (QED) is 0.132. The highest BCUT2D eigenvalue weighted by Crippen LogP contribution is 2.33. The minimum atomic E-state index is -4.65. The van der Waals surface area contributed by atoms with E-state index in [2.05, 4.69) is 15.4 Å². The lowest BCUT2D eigenvalue weighted by Crippen LogP contribution is -2.15. The largest absolute Gasteiger partial charge is 0.439 e. The van der Waals surface area contributed by atoms with Gasteiger partial charge >= 0.3 is 10.1 Å². The molecule has 0 radical (unpaired) electrons. The molecule has 0 fully saturated rings. The van der Waals surface area contributed by atoms with Gasteiger partial charge in [-0.15, -0.1) is 4.28 Å². The molecule has 10 nitrogen and oxygen atoms in total. The first kappa shape index (κ1) is 26.5. The van der Waals surface area contributed by atoms with Crippen molar-refractivity contribution in [3.8, 4) is 22.8 Å². The Kier molecular flexibility index (Phi) is 7.21. The number of rotatable bonds is 8. The third-order valence-electron chi connectivity index (χ3n) is 5.47. The van der Waals surface area contributed by atoms with E-state index in [1.807, 2.05) is 30.3 Å². The number of nitrogens with one attached hydrogen (secondary N) is 1. The fourth-order valence-electron chi connectivity index (χ4n) is 3.80. The second-order valence-electron chi connectivity index (χ2n) is 8.07. The Labute approximate surface area is 228 Å². The van der Waals surface area contributed by atoms with Crippen molar-refractivity contribution in [1.82, 2.24) is 9.97 Å². The van der Waals surface area contributed by atoms with Crippen molar-refractivity contribution in [3.63, 3.8) is 0 Å². The van der Waals surface area contributed by atoms with E-state index in [9.17, 15) is 21.4 Å². The number of ether oxygens (including phenoxy) is 1. The number of nitrogens with zero attached hydrogens (tertiary/aromatic N) is 2. The second kappa shape index (κ2) is 10.6. The third kappa shape index (κ3) is 6.00. The van der Waals surface area contributed by atoms with E-state index >= 15 is 0 Å². The summed E-state index contributed by atoms with van der Waals surface area (Å²) in [6, 6.07) is 25.4. The zero-order valence-electron chi connectivity index (χ0n) is 19.7. The van der Waals surface area contributed by atoms with Gasteiger partial charge in [0.25, 0.3) is 16.1 Å². The second-order valence-corrected chi connectivity index (χ2v) is 11.4. The van der Waals surface area contributed by atoms with Crippen molar-refractivity contribution < 1.29 is 30.4 Å². The number of halogens is 1. The van der Waals surface area contributed by atoms with E-state index in [0.29, 0.717) is 5.75 Å². The summed E-state index contributed by atoms with van der Waals surface area (Å²) >= 11 is 6.09. The van der Waals surface area contributed by atoms with Gasteiger partial charge in [0.1, 0.15) is 20.7 Å². The summed E-state index contributed by atoms with van der Waals surface area (Å²) in [5, 5.41) is 1.91. The van der Waals surface area contributed by atoms with Gasteiger partial charge in [-0.1, -0.05) is 78.3 Å². The van der Waals surface area contributed by atoms with Gasteiger partial charge in [-0.05, 0) is 35.0 Å². The molecule has 0 saturated heterocycles. The smallest absolute Gasteiger partial charge is 0.318 e. The van der Waals surface area contributed by atoms with E-state index in [1.165, 1.54) is 48.5 Å². The fourth-order valence-corrected chi connectivity index (χ4v) is 5.65. The van der Waals surface area contributed by atoms with Gasteiger partial charge in [-0.25, -0.2) is 5.48 Å². The third-order valence-corrected chi connectivity index (χ3v) is 7.77. The summed E-state index contributed by atoms with van der Waals surface area (Å²) in [6.45, 7) is 0. The maximum atomic E-state index is 13.1. The average Bonchev–Trinajstić information content (AvgIpc) is 2.91. The van der Waals surface area contributed by atoms with Gasteiger partial charge in [0, 0.05) is 17.2 Å². The van der Waals surface area contributed by atoms with Crippen molar-refractivity contribution in [2.45, 2.75) is 9.79 Å². The average molecular weight is 584 g/mol. The zero-order valence-corrected chi connectivity index (χ0v) is 22.1. The molecule has 1 heterocycles. The van der Waals surface area contributed by atoms with Crippen LogP contribution in [0.5, 0.6) is 11.6 Å². The lowest BCUT2D eigenvalue weighted by Gasteiger charge is -2.13. The highest BCUT2D eigenvalue weighted by atomic mass is 35.5. The van der Waals surface area contributed by atoms with Crippen molar-refractivity contribution in [2.24, 2.45) is 0 Å². The van der Waals surface area contributed by atoms with Crippen LogP contribution in [-0.2, 0) is 24.5 Å². The number of hydrogen-bond donors (Lipinski definition) is 2. The predicted molar refractivity (Wildman–Crippen MR) is 145 cm³/mol. The van der Waals surface area contributed by atoms with E-state index < -0.39 is 25.1 Å². The Morgan fingerprint density at radius 1 is 0.718 bits per heavy atom. The minimum Gasteiger partial charge on any atom is -0.439 e.